The van der Waals surface area contributed by atoms with Crippen LogP contribution in [0.1, 0.15) is 12.8 Å². The molecule has 0 spiro atoms. The van der Waals surface area contributed by atoms with E-state index in [0.717, 1.165) is 6.42 Å². The third-order valence-electron chi connectivity index (χ3n) is 1.12. The zero-order valence-electron chi connectivity index (χ0n) is 4.46. The lowest BCUT2D eigenvalue weighted by atomic mass is 10.2. The summed E-state index contributed by atoms with van der Waals surface area (Å²) in [5.41, 5.74) is 0. The molecule has 1 atom stereocenters. The number of ketones is 1. The van der Waals surface area contributed by atoms with Gasteiger partial charge in [-0.25, -0.2) is 0 Å². The molecule has 0 aromatic heterocycles. The number of ether oxygens (including phenoxy) is 1. The normalized spacial score (nSPS) is 30.6. The Balaban J connectivity index is 2.39. The van der Waals surface area contributed by atoms with E-state index in [1.807, 2.05) is 0 Å². The average molecular weight is 116 g/mol. The van der Waals surface area contributed by atoms with E-state index < -0.39 is 6.29 Å². The molecule has 0 radical (unpaired) electrons. The third kappa shape index (κ3) is 1.05. The van der Waals surface area contributed by atoms with Crippen LogP contribution in [0, 0.1) is 0 Å². The Morgan fingerprint density at radius 1 is 1.75 bits per heavy atom. The van der Waals surface area contributed by atoms with E-state index in [1.165, 1.54) is 0 Å². The van der Waals surface area contributed by atoms with Crippen LogP contribution in [-0.2, 0) is 9.53 Å². The van der Waals surface area contributed by atoms with Crippen molar-refractivity contribution >= 4 is 5.78 Å². The maximum atomic E-state index is 10.4. The summed E-state index contributed by atoms with van der Waals surface area (Å²) < 4.78 is 4.60. The van der Waals surface area contributed by atoms with Crippen LogP contribution in [0.2, 0.25) is 0 Å². The molecule has 8 heavy (non-hydrogen) atoms. The molecule has 1 rings (SSSR count). The monoisotopic (exact) mass is 116 g/mol. The Labute approximate surface area is 47.3 Å². The molecule has 0 amide bonds. The van der Waals surface area contributed by atoms with Crippen molar-refractivity contribution in [3.05, 3.63) is 0 Å². The zero-order chi connectivity index (χ0) is 5.98. The van der Waals surface area contributed by atoms with Gasteiger partial charge in [0.1, 0.15) is 0 Å². The van der Waals surface area contributed by atoms with Gasteiger partial charge in [-0.3, -0.25) is 4.79 Å². The number of carbonyl (C=O) groups is 1. The topological polar surface area (TPSA) is 46.5 Å². The summed E-state index contributed by atoms with van der Waals surface area (Å²) in [6.45, 7) is 0.507. The van der Waals surface area contributed by atoms with E-state index >= 15 is 0 Å². The van der Waals surface area contributed by atoms with Crippen LogP contribution in [0.15, 0.2) is 0 Å². The van der Waals surface area contributed by atoms with Crippen LogP contribution >= 0.6 is 0 Å². The molecular weight excluding hydrogens is 108 g/mol. The molecule has 1 aliphatic rings. The average Bonchev–Trinajstić information content (AvgIpc) is 1.77. The summed E-state index contributed by atoms with van der Waals surface area (Å²) in [4.78, 5) is 10.4. The highest BCUT2D eigenvalue weighted by Crippen LogP contribution is 2.05. The minimum absolute atomic E-state index is 0.198. The zero-order valence-corrected chi connectivity index (χ0v) is 4.46. The molecule has 1 N–H and O–H groups in total. The number of hydrogen-bond donors (Lipinski definition) is 1. The van der Waals surface area contributed by atoms with E-state index in [9.17, 15) is 4.79 Å². The highest BCUT2D eigenvalue weighted by atomic mass is 16.6. The summed E-state index contributed by atoms with van der Waals surface area (Å²) in [6, 6.07) is 0. The van der Waals surface area contributed by atoms with Crippen LogP contribution in [-0.4, -0.2) is 23.8 Å². The van der Waals surface area contributed by atoms with Crippen LogP contribution in [0.25, 0.3) is 0 Å². The van der Waals surface area contributed by atoms with Crippen LogP contribution < -0.4 is 0 Å². The smallest absolute Gasteiger partial charge is 0.215 e. The number of aliphatic hydroxyl groups is 1. The van der Waals surface area contributed by atoms with Gasteiger partial charge in [0.05, 0.1) is 6.61 Å². The highest BCUT2D eigenvalue weighted by Gasteiger charge is 2.18. The van der Waals surface area contributed by atoms with Crippen molar-refractivity contribution in [1.29, 1.82) is 0 Å². The van der Waals surface area contributed by atoms with E-state index in [0.29, 0.717) is 13.0 Å². The van der Waals surface area contributed by atoms with Gasteiger partial charge < -0.3 is 9.84 Å². The molecule has 1 saturated heterocycles. The summed E-state index contributed by atoms with van der Waals surface area (Å²) >= 11 is 0. The molecule has 46 valence electrons. The SMILES string of the molecule is O=C1CCCOC1O. The van der Waals surface area contributed by atoms with Crippen molar-refractivity contribution in [2.45, 2.75) is 19.1 Å². The van der Waals surface area contributed by atoms with Crippen molar-refractivity contribution in [3.8, 4) is 0 Å². The van der Waals surface area contributed by atoms with Gasteiger partial charge in [-0.15, -0.1) is 0 Å². The summed E-state index contributed by atoms with van der Waals surface area (Å²) in [5, 5.41) is 8.61. The molecular formula is C5H8O3. The first-order valence-corrected chi connectivity index (χ1v) is 2.63. The maximum Gasteiger partial charge on any atom is 0.215 e. The summed E-state index contributed by atoms with van der Waals surface area (Å²) in [5.74, 6) is -0.198. The van der Waals surface area contributed by atoms with Crippen molar-refractivity contribution in [2.24, 2.45) is 0 Å². The van der Waals surface area contributed by atoms with Crippen LogP contribution in [0.4, 0.5) is 0 Å². The number of Topliss-reactive ketones (excluding diaryl/α,β-unsaturated/α-hetero) is 1. The Morgan fingerprint density at radius 3 is 2.88 bits per heavy atom. The van der Waals surface area contributed by atoms with Gasteiger partial charge in [-0.05, 0) is 6.42 Å². The van der Waals surface area contributed by atoms with Gasteiger partial charge in [-0.1, -0.05) is 0 Å². The maximum absolute atomic E-state index is 10.4. The van der Waals surface area contributed by atoms with Crippen LogP contribution in [0.3, 0.4) is 0 Å². The van der Waals surface area contributed by atoms with Gasteiger partial charge in [0.15, 0.2) is 5.78 Å². The quantitative estimate of drug-likeness (QED) is 0.472. The molecule has 1 unspecified atom stereocenters. The Kier molecular flexibility index (Phi) is 1.60. The number of rotatable bonds is 0. The molecule has 0 aliphatic carbocycles. The molecule has 0 aromatic rings. The minimum atomic E-state index is -1.14. The number of aliphatic hydroxyl groups excluding tert-OH is 1. The molecule has 1 aliphatic heterocycles. The first-order chi connectivity index (χ1) is 3.80. The summed E-state index contributed by atoms with van der Waals surface area (Å²) in [6.07, 6.45) is 0.0700. The fourth-order valence-corrected chi connectivity index (χ4v) is 0.658. The predicted molar refractivity (Wildman–Crippen MR) is 26.2 cm³/mol. The molecule has 0 saturated carbocycles. The highest BCUT2D eigenvalue weighted by molar-refractivity contribution is 5.81. The summed E-state index contributed by atoms with van der Waals surface area (Å²) in [7, 11) is 0. The standard InChI is InChI=1S/C5H8O3/c6-4-2-1-3-8-5(4)7/h5,7H,1-3H2. The first-order valence-electron chi connectivity index (χ1n) is 2.63. The van der Waals surface area contributed by atoms with Gasteiger partial charge in [0.25, 0.3) is 0 Å². The minimum Gasteiger partial charge on any atom is -0.362 e. The van der Waals surface area contributed by atoms with Crippen LogP contribution in [0.5, 0.6) is 0 Å². The second-order valence-corrected chi connectivity index (χ2v) is 1.79. The molecule has 3 heteroatoms. The Morgan fingerprint density at radius 2 is 2.50 bits per heavy atom. The van der Waals surface area contributed by atoms with Gasteiger partial charge >= 0.3 is 0 Å². The molecule has 0 aromatic carbocycles. The van der Waals surface area contributed by atoms with Gasteiger partial charge in [-0.2, -0.15) is 0 Å². The van der Waals surface area contributed by atoms with Gasteiger partial charge in [0.2, 0.25) is 6.29 Å². The van der Waals surface area contributed by atoms with Crippen molar-refractivity contribution in [3.63, 3.8) is 0 Å². The van der Waals surface area contributed by atoms with Crippen molar-refractivity contribution < 1.29 is 14.6 Å². The third-order valence-corrected chi connectivity index (χ3v) is 1.12. The number of hydrogen-bond acceptors (Lipinski definition) is 3. The molecule has 1 fully saturated rings. The Hall–Kier alpha value is -0.410. The second-order valence-electron chi connectivity index (χ2n) is 1.79. The van der Waals surface area contributed by atoms with Crippen molar-refractivity contribution in [2.75, 3.05) is 6.61 Å². The van der Waals surface area contributed by atoms with E-state index in [4.69, 9.17) is 5.11 Å². The second kappa shape index (κ2) is 2.24. The first kappa shape index (κ1) is 5.72. The lowest BCUT2D eigenvalue weighted by Crippen LogP contribution is -2.28. The lowest BCUT2D eigenvalue weighted by Gasteiger charge is -2.14. The van der Waals surface area contributed by atoms with Crippen molar-refractivity contribution in [1.82, 2.24) is 0 Å². The number of carbonyl (C=O) groups excluding carboxylic acids is 1. The van der Waals surface area contributed by atoms with E-state index in [2.05, 4.69) is 4.74 Å². The fourth-order valence-electron chi connectivity index (χ4n) is 0.658. The molecule has 1 heterocycles. The fraction of sp³-hybridized carbons (Fsp3) is 0.800. The van der Waals surface area contributed by atoms with E-state index in [1.54, 1.807) is 0 Å². The predicted octanol–water partition coefficient (Wildman–Crippen LogP) is -0.316. The van der Waals surface area contributed by atoms with Gasteiger partial charge in [0, 0.05) is 6.42 Å². The Bertz CT molecular complexity index is 99.8. The molecule has 3 nitrogen and oxygen atoms in total. The van der Waals surface area contributed by atoms with E-state index in [-0.39, 0.29) is 5.78 Å². The largest absolute Gasteiger partial charge is 0.362 e. The lowest BCUT2D eigenvalue weighted by molar-refractivity contribution is -0.163. The molecule has 0 bridgehead atoms.